The van der Waals surface area contributed by atoms with Crippen LogP contribution in [0.4, 0.5) is 10.1 Å². The molecule has 2 aliphatic heterocycles. The number of benzene rings is 2. The van der Waals surface area contributed by atoms with Crippen LogP contribution in [-0.2, 0) is 11.2 Å². The Kier molecular flexibility index (Phi) is 6.04. The molecule has 154 valence electrons. The minimum absolute atomic E-state index is 0.00962. The molecule has 1 saturated heterocycles. The van der Waals surface area contributed by atoms with Gasteiger partial charge in [-0.1, -0.05) is 29.8 Å². The summed E-state index contributed by atoms with van der Waals surface area (Å²) >= 11 is 6.05. The van der Waals surface area contributed by atoms with Crippen LogP contribution in [0.25, 0.3) is 0 Å². The maximum atomic E-state index is 14.1. The summed E-state index contributed by atoms with van der Waals surface area (Å²) in [5, 5.41) is 3.01. The summed E-state index contributed by atoms with van der Waals surface area (Å²) in [4.78, 5) is 17.2. The summed E-state index contributed by atoms with van der Waals surface area (Å²) in [5.41, 5.74) is 3.63. The Bertz CT molecular complexity index is 881. The highest BCUT2D eigenvalue weighted by Crippen LogP contribution is 2.31. The highest BCUT2D eigenvalue weighted by molar-refractivity contribution is 6.33. The average Bonchev–Trinajstić information content (AvgIpc) is 3.09. The second kappa shape index (κ2) is 8.69. The van der Waals surface area contributed by atoms with Crippen LogP contribution >= 0.6 is 11.6 Å². The summed E-state index contributed by atoms with van der Waals surface area (Å²) in [6.07, 6.45) is 1.02. The molecule has 29 heavy (non-hydrogen) atoms. The molecule has 2 aromatic carbocycles. The molecule has 1 N–H and O–H groups in total. The van der Waals surface area contributed by atoms with E-state index >= 15 is 0 Å². The average molecular weight is 418 g/mol. The molecule has 0 bridgehead atoms. The fourth-order valence-corrected chi connectivity index (χ4v) is 4.38. The molecule has 1 atom stereocenters. The van der Waals surface area contributed by atoms with E-state index < -0.39 is 11.7 Å². The van der Waals surface area contributed by atoms with Crippen LogP contribution in [0.5, 0.6) is 0 Å². The molecule has 0 spiro atoms. The van der Waals surface area contributed by atoms with Gasteiger partial charge in [0, 0.05) is 38.9 Å². The number of carbonyl (C=O) groups is 1. The van der Waals surface area contributed by atoms with E-state index in [1.54, 1.807) is 0 Å². The molecule has 2 aromatic rings. The molecule has 0 aliphatic carbocycles. The number of hydrogen-bond donors (Lipinski definition) is 1. The van der Waals surface area contributed by atoms with Crippen molar-refractivity contribution in [1.82, 2.24) is 10.2 Å². The van der Waals surface area contributed by atoms with Gasteiger partial charge in [-0.15, -0.1) is 0 Å². The maximum Gasteiger partial charge on any atom is 0.255 e. The van der Waals surface area contributed by atoms with Crippen LogP contribution in [0.3, 0.4) is 0 Å². The molecule has 4 rings (SSSR count). The van der Waals surface area contributed by atoms with Crippen LogP contribution < -0.4 is 10.2 Å². The van der Waals surface area contributed by atoms with Crippen molar-refractivity contribution in [3.05, 3.63) is 63.9 Å². The van der Waals surface area contributed by atoms with E-state index in [0.29, 0.717) is 19.8 Å². The number of rotatable bonds is 5. The number of nitrogens with zero attached hydrogens (tertiary/aromatic N) is 2. The first-order valence-electron chi connectivity index (χ1n) is 9.92. The second-order valence-electron chi connectivity index (χ2n) is 7.53. The van der Waals surface area contributed by atoms with Gasteiger partial charge >= 0.3 is 0 Å². The third-order valence-electron chi connectivity index (χ3n) is 5.75. The number of anilines is 1. The number of morpholine rings is 1. The van der Waals surface area contributed by atoms with E-state index in [1.807, 2.05) is 0 Å². The fraction of sp³-hybridized carbons (Fsp3) is 0.409. The first-order valence-corrected chi connectivity index (χ1v) is 10.3. The molecule has 0 radical (unpaired) electrons. The zero-order valence-electron chi connectivity index (χ0n) is 16.5. The highest BCUT2D eigenvalue weighted by atomic mass is 35.5. The third-order valence-corrected chi connectivity index (χ3v) is 6.06. The van der Waals surface area contributed by atoms with Gasteiger partial charge in [-0.3, -0.25) is 9.69 Å². The summed E-state index contributed by atoms with van der Waals surface area (Å²) in [6, 6.07) is 10.8. The summed E-state index contributed by atoms with van der Waals surface area (Å²) < 4.78 is 19.6. The lowest BCUT2D eigenvalue weighted by atomic mass is 10.00. The number of likely N-dealkylation sites (N-methyl/N-ethyl adjacent to an activating group) is 1. The Balaban J connectivity index is 1.56. The number of halogens is 2. The lowest BCUT2D eigenvalue weighted by Gasteiger charge is -2.35. The molecule has 7 heteroatoms. The van der Waals surface area contributed by atoms with E-state index in [4.69, 9.17) is 16.3 Å². The summed E-state index contributed by atoms with van der Waals surface area (Å²) in [7, 11) is 2.10. The molecular weight excluding hydrogens is 393 g/mol. The van der Waals surface area contributed by atoms with Crippen LogP contribution in [0.15, 0.2) is 36.4 Å². The van der Waals surface area contributed by atoms with Gasteiger partial charge < -0.3 is 15.0 Å². The molecule has 2 aliphatic rings. The fourth-order valence-electron chi connectivity index (χ4n) is 4.13. The monoisotopic (exact) mass is 417 g/mol. The van der Waals surface area contributed by atoms with Gasteiger partial charge in [0.25, 0.3) is 5.91 Å². The van der Waals surface area contributed by atoms with E-state index in [1.165, 1.54) is 29.4 Å². The third kappa shape index (κ3) is 4.25. The molecule has 0 saturated carbocycles. The van der Waals surface area contributed by atoms with Gasteiger partial charge in [0.05, 0.1) is 29.8 Å². The van der Waals surface area contributed by atoms with Crippen molar-refractivity contribution in [1.29, 1.82) is 0 Å². The number of carbonyl (C=O) groups excluding carboxylic acids is 1. The van der Waals surface area contributed by atoms with E-state index in [0.717, 1.165) is 31.6 Å². The zero-order chi connectivity index (χ0) is 20.4. The number of fused-ring (bicyclic) bond motifs is 1. The van der Waals surface area contributed by atoms with Crippen molar-refractivity contribution in [2.75, 3.05) is 51.3 Å². The lowest BCUT2D eigenvalue weighted by molar-refractivity contribution is 0.0162. The number of nitrogens with one attached hydrogen (secondary N) is 1. The largest absolute Gasteiger partial charge is 0.379 e. The zero-order valence-corrected chi connectivity index (χ0v) is 17.2. The van der Waals surface area contributed by atoms with Crippen LogP contribution in [0, 0.1) is 5.82 Å². The van der Waals surface area contributed by atoms with Crippen LogP contribution in [0.2, 0.25) is 5.02 Å². The van der Waals surface area contributed by atoms with Crippen LogP contribution in [-0.4, -0.2) is 57.2 Å². The van der Waals surface area contributed by atoms with E-state index in [2.05, 4.69) is 40.4 Å². The van der Waals surface area contributed by atoms with Crippen molar-refractivity contribution < 1.29 is 13.9 Å². The Morgan fingerprint density at radius 1 is 1.24 bits per heavy atom. The molecule has 1 unspecified atom stereocenters. The van der Waals surface area contributed by atoms with E-state index in [9.17, 15) is 9.18 Å². The van der Waals surface area contributed by atoms with Crippen molar-refractivity contribution in [2.45, 2.75) is 12.5 Å². The molecule has 2 heterocycles. The maximum absolute atomic E-state index is 14.1. The standard InChI is InChI=1S/C22H25ClFN3O2/c1-26-8-7-16-13-15(5-6-19(16)26)20(27-9-11-29-12-10-27)14-25-22(28)21-17(23)3-2-4-18(21)24/h2-6,13,20H,7-12,14H2,1H3,(H,25,28). The topological polar surface area (TPSA) is 44.8 Å². The number of hydrogen-bond acceptors (Lipinski definition) is 4. The lowest BCUT2D eigenvalue weighted by Crippen LogP contribution is -2.44. The molecule has 0 aromatic heterocycles. The van der Waals surface area contributed by atoms with E-state index in [-0.39, 0.29) is 16.6 Å². The van der Waals surface area contributed by atoms with Crippen LogP contribution in [0.1, 0.15) is 27.5 Å². The van der Waals surface area contributed by atoms with Gasteiger partial charge in [-0.05, 0) is 35.7 Å². The van der Waals surface area contributed by atoms with Crippen molar-refractivity contribution in [3.63, 3.8) is 0 Å². The second-order valence-corrected chi connectivity index (χ2v) is 7.94. The minimum atomic E-state index is -0.613. The first kappa shape index (κ1) is 20.1. The van der Waals surface area contributed by atoms with Gasteiger partial charge in [-0.2, -0.15) is 0 Å². The Hall–Kier alpha value is -2.15. The quantitative estimate of drug-likeness (QED) is 0.811. The highest BCUT2D eigenvalue weighted by Gasteiger charge is 2.26. The Morgan fingerprint density at radius 3 is 2.79 bits per heavy atom. The van der Waals surface area contributed by atoms with Gasteiger partial charge in [0.2, 0.25) is 0 Å². The molecule has 5 nitrogen and oxygen atoms in total. The van der Waals surface area contributed by atoms with Crippen molar-refractivity contribution >= 4 is 23.2 Å². The minimum Gasteiger partial charge on any atom is -0.379 e. The Labute approximate surface area is 175 Å². The Morgan fingerprint density at radius 2 is 2.03 bits per heavy atom. The smallest absolute Gasteiger partial charge is 0.255 e. The molecule has 1 fully saturated rings. The first-order chi connectivity index (χ1) is 14.0. The molecular formula is C22H25ClFN3O2. The normalized spacial score (nSPS) is 17.8. The molecule has 1 amide bonds. The number of amides is 1. The number of ether oxygens (including phenoxy) is 1. The van der Waals surface area contributed by atoms with Gasteiger partial charge in [-0.25, -0.2) is 4.39 Å². The van der Waals surface area contributed by atoms with Crippen molar-refractivity contribution in [2.24, 2.45) is 0 Å². The van der Waals surface area contributed by atoms with Crippen molar-refractivity contribution in [3.8, 4) is 0 Å². The van der Waals surface area contributed by atoms with Gasteiger partial charge in [0.1, 0.15) is 5.82 Å². The van der Waals surface area contributed by atoms with Gasteiger partial charge in [0.15, 0.2) is 0 Å². The predicted molar refractivity (Wildman–Crippen MR) is 112 cm³/mol. The summed E-state index contributed by atoms with van der Waals surface area (Å²) in [5.74, 6) is -1.11. The predicted octanol–water partition coefficient (Wildman–Crippen LogP) is 3.27. The summed E-state index contributed by atoms with van der Waals surface area (Å²) in [6.45, 7) is 4.30. The SMILES string of the molecule is CN1CCc2cc(C(CNC(=O)c3c(F)cccc3Cl)N3CCOCC3)ccc21.